The van der Waals surface area contributed by atoms with Gasteiger partial charge in [0.05, 0.1) is 16.6 Å². The largest absolute Gasteiger partial charge is 0.435 e. The molecule has 6 nitrogen and oxygen atoms in total. The van der Waals surface area contributed by atoms with Crippen LogP contribution in [0.1, 0.15) is 41.9 Å². The molecule has 1 unspecified atom stereocenters. The Labute approximate surface area is 160 Å². The first-order chi connectivity index (χ1) is 13.0. The molecule has 1 atom stereocenters. The van der Waals surface area contributed by atoms with Crippen molar-refractivity contribution in [1.82, 2.24) is 9.78 Å². The Hall–Kier alpha value is -2.36. The van der Waals surface area contributed by atoms with Crippen LogP contribution in [0.5, 0.6) is 0 Å². The number of aromatic nitrogens is 2. The van der Waals surface area contributed by atoms with Crippen molar-refractivity contribution in [3.05, 3.63) is 41.7 Å². The lowest BCUT2D eigenvalue weighted by atomic mass is 10.0. The number of ketones is 1. The molecule has 3 rings (SSSR count). The lowest BCUT2D eigenvalue weighted by molar-refractivity contribution is -0.141. The van der Waals surface area contributed by atoms with E-state index >= 15 is 0 Å². The van der Waals surface area contributed by atoms with Gasteiger partial charge in [-0.15, -0.1) is 0 Å². The van der Waals surface area contributed by atoms with Crippen molar-refractivity contribution in [2.75, 3.05) is 24.2 Å². The third-order valence-corrected chi connectivity index (χ3v) is 5.92. The fourth-order valence-corrected chi connectivity index (χ4v) is 4.26. The molecule has 1 aromatic heterocycles. The average Bonchev–Trinajstić information content (AvgIpc) is 3.11. The number of hydrogen-bond acceptors (Lipinski definition) is 5. The normalized spacial score (nSPS) is 18.3. The molecule has 0 N–H and O–H groups in total. The molecule has 0 bridgehead atoms. The smallest absolute Gasteiger partial charge is 0.368 e. The van der Waals surface area contributed by atoms with Crippen molar-refractivity contribution < 1.29 is 26.4 Å². The quantitative estimate of drug-likeness (QED) is 0.716. The number of alkyl halides is 3. The molecule has 1 saturated heterocycles. The van der Waals surface area contributed by atoms with Gasteiger partial charge in [0.15, 0.2) is 21.3 Å². The van der Waals surface area contributed by atoms with Gasteiger partial charge in [0.25, 0.3) is 0 Å². The topological polar surface area (TPSA) is 72.3 Å². The van der Waals surface area contributed by atoms with E-state index in [9.17, 15) is 26.4 Å². The zero-order valence-electron chi connectivity index (χ0n) is 15.4. The highest BCUT2D eigenvalue weighted by Gasteiger charge is 2.35. The van der Waals surface area contributed by atoms with Gasteiger partial charge in [-0.25, -0.2) is 8.42 Å². The summed E-state index contributed by atoms with van der Waals surface area (Å²) in [7, 11) is -3.55. The van der Waals surface area contributed by atoms with Crippen molar-refractivity contribution in [3.8, 4) is 0 Å². The number of carbonyl (C=O) groups is 1. The van der Waals surface area contributed by atoms with Crippen LogP contribution in [0.3, 0.4) is 0 Å². The molecule has 0 radical (unpaired) electrons. The lowest BCUT2D eigenvalue weighted by Gasteiger charge is -2.35. The van der Waals surface area contributed by atoms with Gasteiger partial charge in [-0.2, -0.15) is 18.3 Å². The van der Waals surface area contributed by atoms with Crippen LogP contribution >= 0.6 is 0 Å². The number of carbonyl (C=O) groups excluding carboxylic acids is 1. The summed E-state index contributed by atoms with van der Waals surface area (Å²) in [6.07, 6.45) is -0.862. The van der Waals surface area contributed by atoms with Crippen LogP contribution in [-0.2, 0) is 16.0 Å². The fourth-order valence-electron chi connectivity index (χ4n) is 3.38. The summed E-state index contributed by atoms with van der Waals surface area (Å²) in [6, 6.07) is 4.99. The third kappa shape index (κ3) is 4.21. The second-order valence-corrected chi connectivity index (χ2v) is 8.92. The van der Waals surface area contributed by atoms with Crippen LogP contribution in [0.4, 0.5) is 18.9 Å². The highest BCUT2D eigenvalue weighted by molar-refractivity contribution is 7.90. The van der Waals surface area contributed by atoms with Gasteiger partial charge in [0.1, 0.15) is 0 Å². The van der Waals surface area contributed by atoms with E-state index in [0.29, 0.717) is 37.2 Å². The summed E-state index contributed by atoms with van der Waals surface area (Å²) in [5.74, 6) is -0.197. The molecular formula is C18H20F3N3O3S. The second kappa shape index (κ2) is 7.23. The Morgan fingerprint density at radius 3 is 2.54 bits per heavy atom. The van der Waals surface area contributed by atoms with E-state index in [1.54, 1.807) is 4.90 Å². The summed E-state index contributed by atoms with van der Waals surface area (Å²) < 4.78 is 64.1. The number of rotatable bonds is 4. The van der Waals surface area contributed by atoms with Crippen LogP contribution in [0.25, 0.3) is 0 Å². The summed E-state index contributed by atoms with van der Waals surface area (Å²) in [5, 5.41) is 3.64. The molecule has 0 saturated carbocycles. The monoisotopic (exact) mass is 415 g/mol. The molecule has 2 heterocycles. The summed E-state index contributed by atoms with van der Waals surface area (Å²) in [6.45, 7) is 2.22. The molecular weight excluding hydrogens is 395 g/mol. The maximum Gasteiger partial charge on any atom is 0.435 e. The van der Waals surface area contributed by atoms with Gasteiger partial charge < -0.3 is 4.90 Å². The standard InChI is InChI=1S/C18H20F3N3O3S/c1-12(25)13-5-6-16(28(2,26)27)15(10-13)23-8-3-4-14(11-23)24-9-7-17(22-24)18(19,20)21/h5-7,9-10,14H,3-4,8,11H2,1-2H3. The van der Waals surface area contributed by atoms with Gasteiger partial charge >= 0.3 is 6.18 Å². The third-order valence-electron chi connectivity index (χ3n) is 4.78. The van der Waals surface area contributed by atoms with Crippen molar-refractivity contribution in [1.29, 1.82) is 0 Å². The molecule has 2 aromatic rings. The van der Waals surface area contributed by atoms with Crippen molar-refractivity contribution in [3.63, 3.8) is 0 Å². The lowest BCUT2D eigenvalue weighted by Crippen LogP contribution is -2.37. The zero-order chi connectivity index (χ0) is 20.7. The minimum atomic E-state index is -4.51. The van der Waals surface area contributed by atoms with Gasteiger partial charge in [0, 0.05) is 31.1 Å². The van der Waals surface area contributed by atoms with E-state index in [4.69, 9.17) is 0 Å². The van der Waals surface area contributed by atoms with Crippen LogP contribution in [0.15, 0.2) is 35.4 Å². The molecule has 0 amide bonds. The number of Topliss-reactive ketones (excluding diaryl/α,β-unsaturated/α-hetero) is 1. The van der Waals surface area contributed by atoms with E-state index in [2.05, 4.69) is 5.10 Å². The maximum atomic E-state index is 12.8. The van der Waals surface area contributed by atoms with Crippen molar-refractivity contribution in [2.45, 2.75) is 36.9 Å². The first-order valence-corrected chi connectivity index (χ1v) is 10.6. The molecule has 0 spiro atoms. The molecule has 152 valence electrons. The van der Waals surface area contributed by atoms with Crippen molar-refractivity contribution in [2.24, 2.45) is 0 Å². The molecule has 1 aromatic carbocycles. The Kier molecular flexibility index (Phi) is 5.26. The number of piperidine rings is 1. The number of halogens is 3. The van der Waals surface area contributed by atoms with Crippen LogP contribution in [0, 0.1) is 0 Å². The molecule has 10 heteroatoms. The number of sulfone groups is 1. The molecule has 1 aliphatic rings. The summed E-state index contributed by atoms with van der Waals surface area (Å²) in [4.78, 5) is 13.6. The Morgan fingerprint density at radius 2 is 1.96 bits per heavy atom. The molecule has 1 aliphatic heterocycles. The van der Waals surface area contributed by atoms with E-state index in [-0.39, 0.29) is 16.7 Å². The minimum absolute atomic E-state index is 0.0922. The number of nitrogens with zero attached hydrogens (tertiary/aromatic N) is 3. The highest BCUT2D eigenvalue weighted by Crippen LogP contribution is 2.33. The summed E-state index contributed by atoms with van der Waals surface area (Å²) in [5.41, 5.74) is -0.189. The minimum Gasteiger partial charge on any atom is -0.368 e. The average molecular weight is 415 g/mol. The van der Waals surface area contributed by atoms with Gasteiger partial charge in [-0.1, -0.05) is 0 Å². The van der Waals surface area contributed by atoms with Crippen LogP contribution in [0.2, 0.25) is 0 Å². The van der Waals surface area contributed by atoms with E-state index < -0.39 is 21.7 Å². The zero-order valence-corrected chi connectivity index (χ0v) is 16.2. The molecule has 28 heavy (non-hydrogen) atoms. The predicted molar refractivity (Wildman–Crippen MR) is 97.3 cm³/mol. The fraction of sp³-hybridized carbons (Fsp3) is 0.444. The molecule has 0 aliphatic carbocycles. The Bertz CT molecular complexity index is 999. The van der Waals surface area contributed by atoms with Gasteiger partial charge in [-0.3, -0.25) is 9.48 Å². The number of benzene rings is 1. The maximum absolute atomic E-state index is 12.8. The van der Waals surface area contributed by atoms with Gasteiger partial charge in [0.2, 0.25) is 0 Å². The first-order valence-electron chi connectivity index (χ1n) is 8.69. The molecule has 1 fully saturated rings. The first kappa shape index (κ1) is 20.4. The van der Waals surface area contributed by atoms with E-state index in [1.165, 1.54) is 36.0 Å². The van der Waals surface area contributed by atoms with Crippen molar-refractivity contribution >= 4 is 21.3 Å². The number of hydrogen-bond donors (Lipinski definition) is 0. The van der Waals surface area contributed by atoms with Crippen LogP contribution in [-0.4, -0.2) is 43.3 Å². The summed E-state index contributed by atoms with van der Waals surface area (Å²) >= 11 is 0. The predicted octanol–water partition coefficient (Wildman–Crippen LogP) is 3.35. The van der Waals surface area contributed by atoms with E-state index in [1.807, 2.05) is 0 Å². The second-order valence-electron chi connectivity index (χ2n) is 6.93. The Balaban J connectivity index is 1.95. The number of anilines is 1. The highest BCUT2D eigenvalue weighted by atomic mass is 32.2. The van der Waals surface area contributed by atoms with E-state index in [0.717, 1.165) is 12.3 Å². The van der Waals surface area contributed by atoms with Crippen LogP contribution < -0.4 is 4.90 Å². The van der Waals surface area contributed by atoms with Gasteiger partial charge in [-0.05, 0) is 44.0 Å². The SMILES string of the molecule is CC(=O)c1ccc(S(C)(=O)=O)c(N2CCCC(n3ccc(C(F)(F)F)n3)C2)c1. The Morgan fingerprint density at radius 1 is 1.25 bits per heavy atom.